The van der Waals surface area contributed by atoms with Crippen molar-refractivity contribution < 1.29 is 27.5 Å². The lowest BCUT2D eigenvalue weighted by molar-refractivity contribution is -0.139. The van der Waals surface area contributed by atoms with E-state index in [9.17, 15) is 27.5 Å². The van der Waals surface area contributed by atoms with Crippen molar-refractivity contribution in [1.82, 2.24) is 0 Å². The third-order valence-electron chi connectivity index (χ3n) is 5.35. The summed E-state index contributed by atoms with van der Waals surface area (Å²) in [5, 5.41) is 9.78. The summed E-state index contributed by atoms with van der Waals surface area (Å²) in [5.74, 6) is -2.47. The van der Waals surface area contributed by atoms with E-state index in [0.717, 1.165) is 12.1 Å². The van der Waals surface area contributed by atoms with Gasteiger partial charge in [0.2, 0.25) is 0 Å². The molecule has 3 aromatic rings. The zero-order valence-corrected chi connectivity index (χ0v) is 19.1. The number of carbonyl (C=O) groups is 1. The number of hydrogen-bond donors (Lipinski definition) is 1. The molecule has 2 nitrogen and oxygen atoms in total. The van der Waals surface area contributed by atoms with Gasteiger partial charge in [-0.3, -0.25) is 4.79 Å². The summed E-state index contributed by atoms with van der Waals surface area (Å²) >= 11 is 5.79. The minimum absolute atomic E-state index is 0.0631. The molecular formula is C26H23ClF4O2. The van der Waals surface area contributed by atoms with E-state index in [2.05, 4.69) is 0 Å². The number of benzene rings is 3. The third-order valence-corrected chi connectivity index (χ3v) is 5.66. The Hall–Kier alpha value is -2.86. The highest BCUT2D eigenvalue weighted by molar-refractivity contribution is 6.30. The second-order valence-electron chi connectivity index (χ2n) is 8.58. The van der Waals surface area contributed by atoms with E-state index in [0.29, 0.717) is 39.8 Å². The van der Waals surface area contributed by atoms with Crippen LogP contribution in [0.4, 0.5) is 17.6 Å². The van der Waals surface area contributed by atoms with Gasteiger partial charge in [-0.15, -0.1) is 0 Å². The number of aryl methyl sites for hydroxylation is 1. The standard InChI is InChI=1S/C26H23ClF4O2/c1-14(2)6-22(25(32)33)20-10-18(16-4-5-23(27)24(28)13-16)9-19(11-20)17-7-15(3)8-21(12-17)26(29,30)31/h4-5,7-14,22H,6H2,1-3H3,(H,32,33). The van der Waals surface area contributed by atoms with Crippen LogP contribution in [-0.4, -0.2) is 11.1 Å². The first-order valence-electron chi connectivity index (χ1n) is 10.4. The molecule has 0 radical (unpaired) electrons. The number of rotatable bonds is 6. The number of halogens is 5. The van der Waals surface area contributed by atoms with Crippen molar-refractivity contribution in [2.24, 2.45) is 5.92 Å². The minimum Gasteiger partial charge on any atom is -0.481 e. The topological polar surface area (TPSA) is 37.3 Å². The highest BCUT2D eigenvalue weighted by Gasteiger charge is 2.31. The number of carboxylic acids is 1. The molecule has 0 saturated carbocycles. The van der Waals surface area contributed by atoms with Crippen LogP contribution in [0.25, 0.3) is 22.3 Å². The van der Waals surface area contributed by atoms with E-state index in [4.69, 9.17) is 11.6 Å². The van der Waals surface area contributed by atoms with Gasteiger partial charge in [-0.2, -0.15) is 13.2 Å². The zero-order chi connectivity index (χ0) is 24.5. The van der Waals surface area contributed by atoms with Crippen molar-refractivity contribution in [2.75, 3.05) is 0 Å². The average Bonchev–Trinajstić information content (AvgIpc) is 2.72. The van der Waals surface area contributed by atoms with Crippen LogP contribution in [0.1, 0.15) is 42.9 Å². The average molecular weight is 479 g/mol. The Morgan fingerprint density at radius 1 is 0.939 bits per heavy atom. The molecule has 0 fully saturated rings. The minimum atomic E-state index is -4.53. The molecule has 0 aliphatic heterocycles. The lowest BCUT2D eigenvalue weighted by Crippen LogP contribution is -2.14. The second-order valence-corrected chi connectivity index (χ2v) is 8.99. The van der Waals surface area contributed by atoms with E-state index in [1.165, 1.54) is 12.1 Å². The zero-order valence-electron chi connectivity index (χ0n) is 18.3. The van der Waals surface area contributed by atoms with Crippen LogP contribution in [0.5, 0.6) is 0 Å². The quantitative estimate of drug-likeness (QED) is 0.361. The molecule has 1 atom stereocenters. The molecule has 1 N–H and O–H groups in total. The van der Waals surface area contributed by atoms with Crippen molar-refractivity contribution in [3.05, 3.63) is 82.1 Å². The molecule has 0 bridgehead atoms. The van der Waals surface area contributed by atoms with Crippen LogP contribution >= 0.6 is 11.6 Å². The van der Waals surface area contributed by atoms with Crippen molar-refractivity contribution in [2.45, 2.75) is 39.3 Å². The first-order chi connectivity index (χ1) is 15.3. The van der Waals surface area contributed by atoms with Gasteiger partial charge < -0.3 is 5.11 Å². The molecule has 7 heteroatoms. The Morgan fingerprint density at radius 2 is 1.55 bits per heavy atom. The van der Waals surface area contributed by atoms with Crippen LogP contribution in [0.2, 0.25) is 5.02 Å². The Kier molecular flexibility index (Phi) is 7.17. The van der Waals surface area contributed by atoms with Gasteiger partial charge in [0.05, 0.1) is 16.5 Å². The summed E-state index contributed by atoms with van der Waals surface area (Å²) in [6, 6.07) is 12.8. The molecule has 0 spiro atoms. The summed E-state index contributed by atoms with van der Waals surface area (Å²) < 4.78 is 54.4. The van der Waals surface area contributed by atoms with Crippen LogP contribution < -0.4 is 0 Å². The normalized spacial score (nSPS) is 12.8. The smallest absolute Gasteiger partial charge is 0.416 e. The predicted octanol–water partition coefficient (Wildman–Crippen LogP) is 8.35. The van der Waals surface area contributed by atoms with Crippen LogP contribution in [0, 0.1) is 18.7 Å². The van der Waals surface area contributed by atoms with Crippen LogP contribution in [0.3, 0.4) is 0 Å². The van der Waals surface area contributed by atoms with Gasteiger partial charge in [0.15, 0.2) is 0 Å². The van der Waals surface area contributed by atoms with Crippen LogP contribution in [0.15, 0.2) is 54.6 Å². The van der Waals surface area contributed by atoms with Gasteiger partial charge >= 0.3 is 12.1 Å². The Morgan fingerprint density at radius 3 is 2.09 bits per heavy atom. The van der Waals surface area contributed by atoms with Gasteiger partial charge in [-0.05, 0) is 83.0 Å². The van der Waals surface area contributed by atoms with Gasteiger partial charge in [0.1, 0.15) is 5.82 Å². The van der Waals surface area contributed by atoms with E-state index >= 15 is 0 Å². The van der Waals surface area contributed by atoms with E-state index in [1.807, 2.05) is 13.8 Å². The Labute approximate surface area is 194 Å². The molecule has 3 aromatic carbocycles. The molecule has 33 heavy (non-hydrogen) atoms. The maximum atomic E-state index is 14.1. The number of aliphatic carboxylic acids is 1. The van der Waals surface area contributed by atoms with Gasteiger partial charge in [-0.25, -0.2) is 4.39 Å². The molecule has 0 aliphatic rings. The summed E-state index contributed by atoms with van der Waals surface area (Å²) in [6.45, 7) is 5.35. The van der Waals surface area contributed by atoms with E-state index in [1.54, 1.807) is 37.3 Å². The SMILES string of the molecule is Cc1cc(-c2cc(-c3ccc(Cl)c(F)c3)cc(C(CC(C)C)C(=O)O)c2)cc(C(F)(F)F)c1. The Balaban J connectivity index is 2.26. The first-order valence-corrected chi connectivity index (χ1v) is 10.8. The molecule has 0 saturated heterocycles. The monoisotopic (exact) mass is 478 g/mol. The molecule has 174 valence electrons. The summed E-state index contributed by atoms with van der Waals surface area (Å²) in [5.41, 5.74) is 1.71. The molecule has 3 rings (SSSR count). The first kappa shape index (κ1) is 24.8. The van der Waals surface area contributed by atoms with Crippen molar-refractivity contribution >= 4 is 17.6 Å². The van der Waals surface area contributed by atoms with Crippen molar-refractivity contribution in [3.63, 3.8) is 0 Å². The number of hydrogen-bond acceptors (Lipinski definition) is 1. The molecular weight excluding hydrogens is 456 g/mol. The number of carboxylic acid groups (broad SMARTS) is 1. The maximum absolute atomic E-state index is 14.1. The summed E-state index contributed by atoms with van der Waals surface area (Å²) in [4.78, 5) is 12.0. The third kappa shape index (κ3) is 5.93. The fraction of sp³-hybridized carbons (Fsp3) is 0.269. The lowest BCUT2D eigenvalue weighted by Gasteiger charge is -2.19. The van der Waals surface area contributed by atoms with Crippen molar-refractivity contribution in [1.29, 1.82) is 0 Å². The fourth-order valence-electron chi connectivity index (χ4n) is 3.83. The van der Waals surface area contributed by atoms with Gasteiger partial charge in [0, 0.05) is 0 Å². The van der Waals surface area contributed by atoms with Gasteiger partial charge in [-0.1, -0.05) is 49.7 Å². The molecule has 0 heterocycles. The molecule has 0 amide bonds. The van der Waals surface area contributed by atoms with Crippen molar-refractivity contribution in [3.8, 4) is 22.3 Å². The van der Waals surface area contributed by atoms with Crippen LogP contribution in [-0.2, 0) is 11.0 Å². The molecule has 0 aromatic heterocycles. The van der Waals surface area contributed by atoms with E-state index in [-0.39, 0.29) is 10.9 Å². The van der Waals surface area contributed by atoms with Gasteiger partial charge in [0.25, 0.3) is 0 Å². The predicted molar refractivity (Wildman–Crippen MR) is 122 cm³/mol. The van der Waals surface area contributed by atoms with E-state index < -0.39 is 29.4 Å². The molecule has 1 unspecified atom stereocenters. The highest BCUT2D eigenvalue weighted by Crippen LogP contribution is 2.37. The fourth-order valence-corrected chi connectivity index (χ4v) is 3.94. The molecule has 0 aliphatic carbocycles. The number of alkyl halides is 3. The largest absolute Gasteiger partial charge is 0.481 e. The second kappa shape index (κ2) is 9.56. The Bertz CT molecular complexity index is 1190. The lowest BCUT2D eigenvalue weighted by atomic mass is 9.86. The maximum Gasteiger partial charge on any atom is 0.416 e. The summed E-state index contributed by atoms with van der Waals surface area (Å²) in [6.07, 6.45) is -4.18. The highest BCUT2D eigenvalue weighted by atomic mass is 35.5. The summed E-state index contributed by atoms with van der Waals surface area (Å²) in [7, 11) is 0.